The number of hydrogen-bond acceptors (Lipinski definition) is 4. The summed E-state index contributed by atoms with van der Waals surface area (Å²) in [4.78, 5) is 0. The number of hydrogen-bond donors (Lipinski definition) is 0. The van der Waals surface area contributed by atoms with Gasteiger partial charge in [0.15, 0.2) is 0 Å². The lowest BCUT2D eigenvalue weighted by Crippen LogP contribution is -2.33. The standard InChI is InChI=1S/C17H26ClO4P/c1-6-20-17(5,21-7-2)23(19,22-8-3)13-14(4)15-9-11-16(18)12-10-15/h9-13H,6-8H2,1-5H3. The van der Waals surface area contributed by atoms with Gasteiger partial charge in [-0.15, -0.1) is 0 Å². The molecule has 0 heterocycles. The lowest BCUT2D eigenvalue weighted by Gasteiger charge is -2.34. The van der Waals surface area contributed by atoms with Crippen LogP contribution >= 0.6 is 19.0 Å². The van der Waals surface area contributed by atoms with Gasteiger partial charge in [0, 0.05) is 24.1 Å². The predicted molar refractivity (Wildman–Crippen MR) is 96.0 cm³/mol. The molecule has 0 aliphatic carbocycles. The van der Waals surface area contributed by atoms with Gasteiger partial charge in [-0.3, -0.25) is 4.57 Å². The molecule has 1 atom stereocenters. The van der Waals surface area contributed by atoms with Gasteiger partial charge in [-0.25, -0.2) is 0 Å². The molecule has 0 saturated heterocycles. The first-order valence-corrected chi connectivity index (χ1v) is 9.86. The van der Waals surface area contributed by atoms with E-state index in [0.717, 1.165) is 11.1 Å². The summed E-state index contributed by atoms with van der Waals surface area (Å²) in [5.74, 6) is 1.63. The van der Waals surface area contributed by atoms with Crippen LogP contribution in [-0.2, 0) is 18.6 Å². The van der Waals surface area contributed by atoms with E-state index in [1.54, 1.807) is 31.8 Å². The molecule has 0 bridgehead atoms. The molecule has 0 spiro atoms. The number of allylic oxidation sites excluding steroid dienone is 1. The van der Waals surface area contributed by atoms with Crippen molar-refractivity contribution in [2.75, 3.05) is 19.8 Å². The number of benzene rings is 1. The van der Waals surface area contributed by atoms with Gasteiger partial charge in [0.2, 0.25) is 5.53 Å². The summed E-state index contributed by atoms with van der Waals surface area (Å²) in [7, 11) is -3.35. The molecule has 0 fully saturated rings. The van der Waals surface area contributed by atoms with E-state index in [9.17, 15) is 4.57 Å². The monoisotopic (exact) mass is 360 g/mol. The summed E-state index contributed by atoms with van der Waals surface area (Å²) in [6, 6.07) is 7.35. The molecule has 1 rings (SSSR count). The van der Waals surface area contributed by atoms with Crippen LogP contribution in [0.25, 0.3) is 5.57 Å². The SMILES string of the molecule is CCOC(C)(OCC)P(=O)(C=C(C)c1ccc(Cl)cc1)OCC. The van der Waals surface area contributed by atoms with E-state index in [1.165, 1.54) is 0 Å². The van der Waals surface area contributed by atoms with Crippen LogP contribution in [0.1, 0.15) is 40.2 Å². The van der Waals surface area contributed by atoms with Crippen LogP contribution in [-0.4, -0.2) is 25.3 Å². The first kappa shape index (κ1) is 20.4. The molecule has 0 N–H and O–H groups in total. The summed E-state index contributed by atoms with van der Waals surface area (Å²) >= 11 is 5.92. The Bertz CT molecular complexity index is 562. The van der Waals surface area contributed by atoms with Crippen molar-refractivity contribution in [2.45, 2.75) is 40.1 Å². The fourth-order valence-electron chi connectivity index (χ4n) is 2.26. The van der Waals surface area contributed by atoms with Gasteiger partial charge in [0.05, 0.1) is 6.61 Å². The molecule has 1 aromatic carbocycles. The van der Waals surface area contributed by atoms with Gasteiger partial charge in [-0.2, -0.15) is 0 Å². The minimum Gasteiger partial charge on any atom is -0.342 e. The topological polar surface area (TPSA) is 44.8 Å². The molecule has 6 heteroatoms. The first-order valence-electron chi connectivity index (χ1n) is 7.79. The van der Waals surface area contributed by atoms with Crippen LogP contribution in [0.5, 0.6) is 0 Å². The highest BCUT2D eigenvalue weighted by Gasteiger charge is 2.46. The fraction of sp³-hybridized carbons (Fsp3) is 0.529. The zero-order valence-corrected chi connectivity index (χ0v) is 16.1. The largest absolute Gasteiger partial charge is 0.342 e. The van der Waals surface area contributed by atoms with Crippen LogP contribution in [0, 0.1) is 0 Å². The Kier molecular flexibility index (Phi) is 7.99. The van der Waals surface area contributed by atoms with Crippen molar-refractivity contribution in [1.82, 2.24) is 0 Å². The molecular formula is C17H26ClO4P. The zero-order valence-electron chi connectivity index (χ0n) is 14.5. The summed E-state index contributed by atoms with van der Waals surface area (Å²) in [6.45, 7) is 10.1. The third-order valence-corrected chi connectivity index (χ3v) is 6.39. The zero-order chi connectivity index (χ0) is 17.5. The second kappa shape index (κ2) is 9.00. The minimum absolute atomic E-state index is 0.303. The summed E-state index contributed by atoms with van der Waals surface area (Å²) in [5, 5.41) is 0.656. The lowest BCUT2D eigenvalue weighted by molar-refractivity contribution is -0.166. The molecule has 0 radical (unpaired) electrons. The number of rotatable bonds is 9. The summed E-state index contributed by atoms with van der Waals surface area (Å²) in [5.41, 5.74) is 0.439. The highest BCUT2D eigenvalue weighted by Crippen LogP contribution is 2.62. The molecule has 0 aliphatic heterocycles. The highest BCUT2D eigenvalue weighted by molar-refractivity contribution is 7.63. The number of halogens is 1. The van der Waals surface area contributed by atoms with Crippen molar-refractivity contribution in [1.29, 1.82) is 0 Å². The van der Waals surface area contributed by atoms with E-state index in [4.69, 9.17) is 25.6 Å². The van der Waals surface area contributed by atoms with Crippen LogP contribution in [0.15, 0.2) is 30.1 Å². The van der Waals surface area contributed by atoms with E-state index >= 15 is 0 Å². The van der Waals surface area contributed by atoms with Gasteiger partial charge >= 0.3 is 0 Å². The molecule has 0 saturated carbocycles. The Balaban J connectivity index is 3.28. The van der Waals surface area contributed by atoms with Crippen molar-refractivity contribution < 1.29 is 18.6 Å². The molecule has 23 heavy (non-hydrogen) atoms. The molecule has 4 nitrogen and oxygen atoms in total. The normalized spacial score (nSPS) is 15.5. The Labute approximate surface area is 144 Å². The van der Waals surface area contributed by atoms with Gasteiger partial charge < -0.3 is 14.0 Å². The van der Waals surface area contributed by atoms with Gasteiger partial charge in [0.1, 0.15) is 0 Å². The van der Waals surface area contributed by atoms with E-state index in [2.05, 4.69) is 0 Å². The van der Waals surface area contributed by atoms with E-state index in [-0.39, 0.29) is 0 Å². The fourth-order valence-corrected chi connectivity index (χ4v) is 4.59. The predicted octanol–water partition coefficient (Wildman–Crippen LogP) is 5.76. The highest BCUT2D eigenvalue weighted by atomic mass is 35.5. The molecule has 0 aliphatic rings. The Morgan fingerprint density at radius 3 is 2.09 bits per heavy atom. The second-order valence-corrected chi connectivity index (χ2v) is 8.06. The van der Waals surface area contributed by atoms with E-state index in [1.807, 2.05) is 32.9 Å². The first-order chi connectivity index (χ1) is 10.8. The third kappa shape index (κ3) is 5.17. The van der Waals surface area contributed by atoms with Crippen LogP contribution < -0.4 is 0 Å². The van der Waals surface area contributed by atoms with Crippen LogP contribution in [0.4, 0.5) is 0 Å². The molecule has 0 aromatic heterocycles. The van der Waals surface area contributed by atoms with Gasteiger partial charge in [0.25, 0.3) is 7.37 Å². The Hall–Kier alpha value is -0.640. The van der Waals surface area contributed by atoms with Crippen molar-refractivity contribution >= 4 is 24.5 Å². The van der Waals surface area contributed by atoms with Crippen molar-refractivity contribution in [3.63, 3.8) is 0 Å². The molecule has 130 valence electrons. The Morgan fingerprint density at radius 2 is 1.65 bits per heavy atom. The smallest absolute Gasteiger partial charge is 0.282 e. The summed E-state index contributed by atoms with van der Waals surface area (Å²) < 4.78 is 30.4. The average Bonchev–Trinajstić information content (AvgIpc) is 2.48. The third-order valence-electron chi connectivity index (χ3n) is 3.37. The van der Waals surface area contributed by atoms with Gasteiger partial charge in [-0.1, -0.05) is 23.7 Å². The summed E-state index contributed by atoms with van der Waals surface area (Å²) in [6.07, 6.45) is 0. The van der Waals surface area contributed by atoms with E-state index in [0.29, 0.717) is 24.8 Å². The maximum atomic E-state index is 13.5. The van der Waals surface area contributed by atoms with Crippen molar-refractivity contribution in [3.05, 3.63) is 40.7 Å². The van der Waals surface area contributed by atoms with Gasteiger partial charge in [-0.05, 0) is 57.9 Å². The van der Waals surface area contributed by atoms with Crippen LogP contribution in [0.3, 0.4) is 0 Å². The van der Waals surface area contributed by atoms with Crippen LogP contribution in [0.2, 0.25) is 5.02 Å². The molecule has 0 amide bonds. The molecule has 1 aromatic rings. The number of ether oxygens (including phenoxy) is 2. The Morgan fingerprint density at radius 1 is 1.13 bits per heavy atom. The maximum Gasteiger partial charge on any atom is 0.282 e. The van der Waals surface area contributed by atoms with Crippen molar-refractivity contribution in [2.24, 2.45) is 0 Å². The average molecular weight is 361 g/mol. The lowest BCUT2D eigenvalue weighted by atomic mass is 10.1. The minimum atomic E-state index is -3.35. The molecular weight excluding hydrogens is 335 g/mol. The molecule has 1 unspecified atom stereocenters. The maximum absolute atomic E-state index is 13.5. The van der Waals surface area contributed by atoms with Crippen molar-refractivity contribution in [3.8, 4) is 0 Å². The quantitative estimate of drug-likeness (QED) is 0.414. The van der Waals surface area contributed by atoms with E-state index < -0.39 is 12.9 Å². The second-order valence-electron chi connectivity index (χ2n) is 5.10.